The van der Waals surface area contributed by atoms with Crippen molar-refractivity contribution < 1.29 is 0 Å². The molecule has 1 aromatic heterocycles. The maximum absolute atomic E-state index is 4.55. The van der Waals surface area contributed by atoms with Crippen LogP contribution < -0.4 is 4.72 Å². The topological polar surface area (TPSA) is 31.4 Å². The second-order valence-corrected chi connectivity index (χ2v) is 10.9. The van der Waals surface area contributed by atoms with Crippen LogP contribution in [-0.4, -0.2) is 41.0 Å². The van der Waals surface area contributed by atoms with Crippen molar-refractivity contribution in [2.75, 3.05) is 30.9 Å². The molecule has 2 heterocycles. The lowest BCUT2D eigenvalue weighted by Gasteiger charge is -2.26. The van der Waals surface area contributed by atoms with Crippen molar-refractivity contribution in [3.8, 4) is 0 Å². The molecule has 5 rings (SSSR count). The molecule has 0 radical (unpaired) electrons. The third-order valence-corrected chi connectivity index (χ3v) is 8.20. The van der Waals surface area contributed by atoms with Gasteiger partial charge in [0, 0.05) is 55.7 Å². The molecule has 1 aliphatic rings. The molecule has 0 bridgehead atoms. The standard InChI is InChI=1S/C33H38N4S/c1-3-4-8-27-12-14-28(15-13-27)25-36-21-7-22-37(24-23-36)26(2)29-16-18-31(19-17-29)35-38-32-11-5-9-30-10-6-20-34-33(30)32/h5-6,9-20,35H,2-4,7-8,21-25H2,1H3. The number of benzene rings is 3. The van der Waals surface area contributed by atoms with Gasteiger partial charge in [0.2, 0.25) is 0 Å². The SMILES string of the molecule is C=C(c1ccc(NSc2cccc3cccnc23)cc1)N1CCCN(Cc2ccc(CCCC)cc2)CC1. The summed E-state index contributed by atoms with van der Waals surface area (Å²) in [6.07, 6.45) is 6.71. The number of rotatable bonds is 10. The zero-order valence-corrected chi connectivity index (χ0v) is 23.2. The van der Waals surface area contributed by atoms with Crippen LogP contribution in [-0.2, 0) is 13.0 Å². The normalized spacial score (nSPS) is 14.4. The predicted octanol–water partition coefficient (Wildman–Crippen LogP) is 7.88. The zero-order valence-electron chi connectivity index (χ0n) is 22.4. The molecule has 0 amide bonds. The lowest BCUT2D eigenvalue weighted by atomic mass is 10.1. The van der Waals surface area contributed by atoms with E-state index in [0.717, 1.165) is 66.3 Å². The summed E-state index contributed by atoms with van der Waals surface area (Å²) in [6.45, 7) is 12.0. The van der Waals surface area contributed by atoms with Gasteiger partial charge in [-0.15, -0.1) is 0 Å². The van der Waals surface area contributed by atoms with Gasteiger partial charge in [0.1, 0.15) is 0 Å². The maximum Gasteiger partial charge on any atom is 0.0855 e. The van der Waals surface area contributed by atoms with E-state index in [1.165, 1.54) is 36.0 Å². The first-order valence-electron chi connectivity index (χ1n) is 13.8. The molecular formula is C33H38N4S. The second kappa shape index (κ2) is 13.0. The van der Waals surface area contributed by atoms with Crippen LogP contribution in [0.3, 0.4) is 0 Å². The summed E-state index contributed by atoms with van der Waals surface area (Å²) in [4.78, 5) is 10.7. The lowest BCUT2D eigenvalue weighted by molar-refractivity contribution is 0.276. The number of fused-ring (bicyclic) bond motifs is 1. The Bertz CT molecular complexity index is 1330. The molecule has 4 aromatic rings. The molecule has 1 saturated heterocycles. The van der Waals surface area contributed by atoms with Crippen LogP contribution in [0.2, 0.25) is 0 Å². The smallest absolute Gasteiger partial charge is 0.0855 e. The van der Waals surface area contributed by atoms with Gasteiger partial charge in [-0.1, -0.05) is 74.5 Å². The Morgan fingerprint density at radius 1 is 0.895 bits per heavy atom. The monoisotopic (exact) mass is 522 g/mol. The van der Waals surface area contributed by atoms with Crippen LogP contribution in [0.25, 0.3) is 16.6 Å². The molecule has 38 heavy (non-hydrogen) atoms. The summed E-state index contributed by atoms with van der Waals surface area (Å²) < 4.78 is 3.48. The van der Waals surface area contributed by atoms with Gasteiger partial charge >= 0.3 is 0 Å². The molecule has 0 aliphatic carbocycles. The summed E-state index contributed by atoms with van der Waals surface area (Å²) in [7, 11) is 0. The molecule has 5 heteroatoms. The number of pyridine rings is 1. The Morgan fingerprint density at radius 3 is 2.50 bits per heavy atom. The van der Waals surface area contributed by atoms with Crippen LogP contribution in [0, 0.1) is 0 Å². The van der Waals surface area contributed by atoms with E-state index in [1.807, 2.05) is 12.3 Å². The van der Waals surface area contributed by atoms with E-state index in [1.54, 1.807) is 11.9 Å². The van der Waals surface area contributed by atoms with Crippen LogP contribution >= 0.6 is 11.9 Å². The second-order valence-electron chi connectivity index (χ2n) is 10.1. The minimum absolute atomic E-state index is 1.01. The van der Waals surface area contributed by atoms with Gasteiger partial charge in [0.05, 0.1) is 10.4 Å². The van der Waals surface area contributed by atoms with Gasteiger partial charge < -0.3 is 9.62 Å². The number of nitrogens with one attached hydrogen (secondary N) is 1. The maximum atomic E-state index is 4.55. The van der Waals surface area contributed by atoms with E-state index in [2.05, 4.69) is 106 Å². The number of hydrogen-bond acceptors (Lipinski definition) is 5. The largest absolute Gasteiger partial charge is 0.370 e. The van der Waals surface area contributed by atoms with Crippen LogP contribution in [0.1, 0.15) is 42.9 Å². The molecule has 0 saturated carbocycles. The predicted molar refractivity (Wildman–Crippen MR) is 163 cm³/mol. The fourth-order valence-electron chi connectivity index (χ4n) is 5.04. The molecule has 1 fully saturated rings. The third kappa shape index (κ3) is 6.77. The van der Waals surface area contributed by atoms with E-state index in [9.17, 15) is 0 Å². The highest BCUT2D eigenvalue weighted by Crippen LogP contribution is 2.28. The highest BCUT2D eigenvalue weighted by Gasteiger charge is 2.17. The molecule has 3 aromatic carbocycles. The number of aryl methyl sites for hydroxylation is 1. The van der Waals surface area contributed by atoms with Crippen molar-refractivity contribution >= 4 is 34.2 Å². The average Bonchev–Trinajstić information content (AvgIpc) is 3.21. The number of nitrogens with zero attached hydrogens (tertiary/aromatic N) is 3. The van der Waals surface area contributed by atoms with Crippen molar-refractivity contribution in [3.05, 3.63) is 108 Å². The van der Waals surface area contributed by atoms with Gasteiger partial charge in [-0.05, 0) is 72.2 Å². The van der Waals surface area contributed by atoms with Crippen LogP contribution in [0.15, 0.2) is 96.5 Å². The quantitative estimate of drug-likeness (QED) is 0.214. The Labute approximate surface area is 231 Å². The number of aromatic nitrogens is 1. The number of hydrogen-bond donors (Lipinski definition) is 1. The van der Waals surface area contributed by atoms with Crippen LogP contribution in [0.4, 0.5) is 5.69 Å². The van der Waals surface area contributed by atoms with E-state index in [0.29, 0.717) is 0 Å². The third-order valence-electron chi connectivity index (χ3n) is 7.31. The van der Waals surface area contributed by atoms with Gasteiger partial charge in [-0.3, -0.25) is 9.88 Å². The molecule has 4 nitrogen and oxygen atoms in total. The van der Waals surface area contributed by atoms with Crippen molar-refractivity contribution in [1.82, 2.24) is 14.8 Å². The number of para-hydroxylation sites is 1. The number of anilines is 1. The van der Waals surface area contributed by atoms with E-state index in [-0.39, 0.29) is 0 Å². The minimum Gasteiger partial charge on any atom is -0.370 e. The highest BCUT2D eigenvalue weighted by molar-refractivity contribution is 8.00. The first kappa shape index (κ1) is 26.3. The summed E-state index contributed by atoms with van der Waals surface area (Å²) in [5.74, 6) is 0. The zero-order chi connectivity index (χ0) is 26.2. The molecule has 1 N–H and O–H groups in total. The van der Waals surface area contributed by atoms with Gasteiger partial charge in [0.15, 0.2) is 0 Å². The highest BCUT2D eigenvalue weighted by atomic mass is 32.2. The molecule has 0 atom stereocenters. The Hall–Kier alpha value is -3.28. The fraction of sp³-hybridized carbons (Fsp3) is 0.303. The Morgan fingerprint density at radius 2 is 1.68 bits per heavy atom. The van der Waals surface area contributed by atoms with E-state index >= 15 is 0 Å². The Balaban J connectivity index is 1.13. The van der Waals surface area contributed by atoms with Gasteiger partial charge in [0.25, 0.3) is 0 Å². The molecule has 0 spiro atoms. The van der Waals surface area contributed by atoms with Crippen LogP contribution in [0.5, 0.6) is 0 Å². The summed E-state index contributed by atoms with van der Waals surface area (Å²) in [6, 6.07) is 28.2. The summed E-state index contributed by atoms with van der Waals surface area (Å²) >= 11 is 1.60. The van der Waals surface area contributed by atoms with Crippen molar-refractivity contribution in [2.45, 2.75) is 44.0 Å². The van der Waals surface area contributed by atoms with Gasteiger partial charge in [-0.2, -0.15) is 0 Å². The number of unbranched alkanes of at least 4 members (excludes halogenated alkanes) is 1. The van der Waals surface area contributed by atoms with Gasteiger partial charge in [-0.25, -0.2) is 0 Å². The minimum atomic E-state index is 1.01. The first-order chi connectivity index (χ1) is 18.7. The van der Waals surface area contributed by atoms with Crippen molar-refractivity contribution in [3.63, 3.8) is 0 Å². The molecule has 1 aliphatic heterocycles. The van der Waals surface area contributed by atoms with E-state index < -0.39 is 0 Å². The van der Waals surface area contributed by atoms with Crippen molar-refractivity contribution in [1.29, 1.82) is 0 Å². The summed E-state index contributed by atoms with van der Waals surface area (Å²) in [5, 5.41) is 1.15. The molecular weight excluding hydrogens is 484 g/mol. The molecule has 196 valence electrons. The average molecular weight is 523 g/mol. The Kier molecular flexibility index (Phi) is 9.00. The van der Waals surface area contributed by atoms with E-state index in [4.69, 9.17) is 0 Å². The first-order valence-corrected chi connectivity index (χ1v) is 14.6. The fourth-order valence-corrected chi connectivity index (χ4v) is 5.81. The van der Waals surface area contributed by atoms with Crippen molar-refractivity contribution in [2.24, 2.45) is 0 Å². The molecule has 0 unspecified atom stereocenters. The summed E-state index contributed by atoms with van der Waals surface area (Å²) in [5.41, 5.74) is 7.27. The lowest BCUT2D eigenvalue weighted by Crippen LogP contribution is -2.29.